The largest absolute Gasteiger partial charge is 0.261 e. The van der Waals surface area contributed by atoms with E-state index in [4.69, 9.17) is 6.42 Å². The summed E-state index contributed by atoms with van der Waals surface area (Å²) in [7, 11) is -1.91. The molecule has 0 N–H and O–H groups in total. The lowest BCUT2D eigenvalue weighted by molar-refractivity contribution is 0.423. The van der Waals surface area contributed by atoms with Gasteiger partial charge >= 0.3 is 0 Å². The smallest absolute Gasteiger partial charge is 0.256 e. The lowest BCUT2D eigenvalue weighted by Crippen LogP contribution is -2.34. The molecule has 0 atom stereocenters. The minimum atomic E-state index is -3.51. The zero-order valence-electron chi connectivity index (χ0n) is 9.70. The Bertz CT molecular complexity index is 537. The summed E-state index contributed by atoms with van der Waals surface area (Å²) in [6.07, 6.45) is 8.88. The molecular weight excluding hydrogens is 238 g/mol. The van der Waals surface area contributed by atoms with Crippen LogP contribution in [-0.4, -0.2) is 35.6 Å². The van der Waals surface area contributed by atoms with Crippen molar-refractivity contribution in [3.05, 3.63) is 12.3 Å². The molecule has 2 rings (SSSR count). The Morgan fingerprint density at radius 1 is 1.65 bits per heavy atom. The molecule has 0 radical (unpaired) electrons. The first-order valence-electron chi connectivity index (χ1n) is 5.47. The zero-order valence-corrected chi connectivity index (χ0v) is 10.5. The molecule has 0 aromatic carbocycles. The van der Waals surface area contributed by atoms with Crippen LogP contribution >= 0.6 is 0 Å². The third-order valence-electron chi connectivity index (χ3n) is 2.81. The number of aryl methyl sites for hydroxylation is 1. The van der Waals surface area contributed by atoms with Gasteiger partial charge in [0, 0.05) is 13.6 Å². The molecule has 1 fully saturated rings. The molecule has 1 aliphatic carbocycles. The topological polar surface area (TPSA) is 55.2 Å². The van der Waals surface area contributed by atoms with Crippen molar-refractivity contribution in [2.75, 3.05) is 13.1 Å². The van der Waals surface area contributed by atoms with Crippen molar-refractivity contribution in [2.24, 2.45) is 13.0 Å². The van der Waals surface area contributed by atoms with E-state index in [0.29, 0.717) is 12.5 Å². The molecule has 6 heteroatoms. The average molecular weight is 253 g/mol. The molecule has 0 spiro atoms. The normalized spacial score (nSPS) is 16.1. The van der Waals surface area contributed by atoms with E-state index in [1.807, 2.05) is 0 Å². The highest BCUT2D eigenvalue weighted by atomic mass is 32.2. The molecule has 1 aromatic rings. The fourth-order valence-corrected chi connectivity index (χ4v) is 3.21. The summed E-state index contributed by atoms with van der Waals surface area (Å²) in [6.45, 7) is 0.627. The van der Waals surface area contributed by atoms with Crippen LogP contribution < -0.4 is 0 Å². The van der Waals surface area contributed by atoms with Gasteiger partial charge in [-0.1, -0.05) is 5.92 Å². The summed E-state index contributed by atoms with van der Waals surface area (Å²) in [4.78, 5) is 0. The van der Waals surface area contributed by atoms with Crippen LogP contribution in [-0.2, 0) is 17.1 Å². The molecular formula is C11H15N3O2S. The maximum Gasteiger partial charge on any atom is 0.261 e. The first-order valence-corrected chi connectivity index (χ1v) is 6.91. The molecule has 0 aliphatic heterocycles. The minimum absolute atomic E-state index is 0.115. The van der Waals surface area contributed by atoms with Crippen molar-refractivity contribution < 1.29 is 8.42 Å². The molecule has 5 nitrogen and oxygen atoms in total. The van der Waals surface area contributed by atoms with Gasteiger partial charge in [0.1, 0.15) is 0 Å². The van der Waals surface area contributed by atoms with E-state index in [0.717, 1.165) is 12.8 Å². The Hall–Kier alpha value is -1.32. The van der Waals surface area contributed by atoms with Crippen LogP contribution in [0, 0.1) is 18.3 Å². The maximum atomic E-state index is 12.3. The van der Waals surface area contributed by atoms with Gasteiger partial charge in [0.2, 0.25) is 0 Å². The van der Waals surface area contributed by atoms with Crippen LogP contribution in [0.3, 0.4) is 0 Å². The highest BCUT2D eigenvalue weighted by molar-refractivity contribution is 7.89. The first kappa shape index (κ1) is 12.1. The van der Waals surface area contributed by atoms with Gasteiger partial charge in [-0.05, 0) is 24.8 Å². The third kappa shape index (κ3) is 2.51. The van der Waals surface area contributed by atoms with E-state index in [2.05, 4.69) is 11.0 Å². The number of hydrogen-bond acceptors (Lipinski definition) is 3. The summed E-state index contributed by atoms with van der Waals surface area (Å²) < 4.78 is 27.4. The number of sulfonamides is 1. The van der Waals surface area contributed by atoms with Gasteiger partial charge in [-0.15, -0.1) is 6.42 Å². The van der Waals surface area contributed by atoms with Crippen molar-refractivity contribution >= 4 is 10.0 Å². The summed E-state index contributed by atoms with van der Waals surface area (Å²) >= 11 is 0. The van der Waals surface area contributed by atoms with Crippen molar-refractivity contribution in [1.82, 2.24) is 14.1 Å². The maximum absolute atomic E-state index is 12.3. The van der Waals surface area contributed by atoms with E-state index >= 15 is 0 Å². The molecule has 92 valence electrons. The molecule has 17 heavy (non-hydrogen) atoms. The second kappa shape index (κ2) is 4.51. The van der Waals surface area contributed by atoms with E-state index in [1.54, 1.807) is 7.05 Å². The Balaban J connectivity index is 2.27. The van der Waals surface area contributed by atoms with Crippen LogP contribution in [0.2, 0.25) is 0 Å². The Kier molecular flexibility index (Phi) is 3.22. The van der Waals surface area contributed by atoms with Crippen LogP contribution in [0.25, 0.3) is 0 Å². The highest BCUT2D eigenvalue weighted by Crippen LogP contribution is 2.31. The van der Waals surface area contributed by atoms with Crippen LogP contribution in [0.4, 0.5) is 0 Å². The average Bonchev–Trinajstić information content (AvgIpc) is 2.98. The van der Waals surface area contributed by atoms with E-state index in [-0.39, 0.29) is 11.6 Å². The molecule has 0 unspecified atom stereocenters. The summed E-state index contributed by atoms with van der Waals surface area (Å²) in [5.41, 5.74) is 0. The monoisotopic (exact) mass is 253 g/mol. The fraction of sp³-hybridized carbons (Fsp3) is 0.545. The summed E-state index contributed by atoms with van der Waals surface area (Å²) in [6, 6.07) is 1.49. The zero-order chi connectivity index (χ0) is 12.5. The molecule has 0 saturated heterocycles. The number of terminal acetylenes is 1. The van der Waals surface area contributed by atoms with Gasteiger partial charge in [-0.25, -0.2) is 8.42 Å². The number of hydrogen-bond donors (Lipinski definition) is 0. The van der Waals surface area contributed by atoms with E-state index in [1.165, 1.54) is 21.3 Å². The second-order valence-corrected chi connectivity index (χ2v) is 6.12. The lowest BCUT2D eigenvalue weighted by atomic mass is 10.4. The van der Waals surface area contributed by atoms with Gasteiger partial charge in [-0.3, -0.25) is 4.68 Å². The van der Waals surface area contributed by atoms with Crippen molar-refractivity contribution in [3.63, 3.8) is 0 Å². The molecule has 1 heterocycles. The quantitative estimate of drug-likeness (QED) is 0.716. The van der Waals surface area contributed by atoms with Crippen molar-refractivity contribution in [3.8, 4) is 12.3 Å². The van der Waals surface area contributed by atoms with Gasteiger partial charge in [0.05, 0.1) is 12.7 Å². The van der Waals surface area contributed by atoms with Gasteiger partial charge in [0.25, 0.3) is 10.0 Å². The van der Waals surface area contributed by atoms with Crippen LogP contribution in [0.1, 0.15) is 12.8 Å². The summed E-state index contributed by atoms with van der Waals surface area (Å²) in [5, 5.41) is 4.07. The Labute approximate surface area is 101 Å². The molecule has 1 aliphatic rings. The first-order chi connectivity index (χ1) is 8.05. The van der Waals surface area contributed by atoms with Gasteiger partial charge < -0.3 is 0 Å². The third-order valence-corrected chi connectivity index (χ3v) is 4.69. The number of rotatable bonds is 5. The summed E-state index contributed by atoms with van der Waals surface area (Å²) in [5.74, 6) is 2.87. The molecule has 0 bridgehead atoms. The SMILES string of the molecule is C#CCN(CC1CC1)S(=O)(=O)c1ccnn1C. The minimum Gasteiger partial charge on any atom is -0.256 e. The number of aromatic nitrogens is 2. The molecule has 1 saturated carbocycles. The fourth-order valence-electron chi connectivity index (χ4n) is 1.68. The Morgan fingerprint density at radius 2 is 2.35 bits per heavy atom. The molecule has 0 amide bonds. The van der Waals surface area contributed by atoms with Crippen LogP contribution in [0.5, 0.6) is 0 Å². The highest BCUT2D eigenvalue weighted by Gasteiger charge is 2.32. The van der Waals surface area contributed by atoms with Crippen LogP contribution in [0.15, 0.2) is 17.3 Å². The standard InChI is InChI=1S/C11H15N3O2S/c1-3-8-14(9-10-4-5-10)17(15,16)11-6-7-12-13(11)2/h1,6-7,10H,4-5,8-9H2,2H3. The predicted octanol–water partition coefficient (Wildman–Crippen LogP) is 0.454. The van der Waals surface area contributed by atoms with Gasteiger partial charge in [0.15, 0.2) is 5.03 Å². The van der Waals surface area contributed by atoms with E-state index < -0.39 is 10.0 Å². The Morgan fingerprint density at radius 3 is 2.82 bits per heavy atom. The van der Waals surface area contributed by atoms with Crippen molar-refractivity contribution in [2.45, 2.75) is 17.9 Å². The van der Waals surface area contributed by atoms with E-state index in [9.17, 15) is 8.42 Å². The van der Waals surface area contributed by atoms with Gasteiger partial charge in [-0.2, -0.15) is 9.40 Å². The lowest BCUT2D eigenvalue weighted by Gasteiger charge is -2.19. The number of nitrogens with zero attached hydrogens (tertiary/aromatic N) is 3. The van der Waals surface area contributed by atoms with Crippen molar-refractivity contribution in [1.29, 1.82) is 0 Å². The second-order valence-electron chi connectivity index (χ2n) is 4.24. The molecule has 1 aromatic heterocycles. The predicted molar refractivity (Wildman–Crippen MR) is 63.5 cm³/mol.